The van der Waals surface area contributed by atoms with Gasteiger partial charge >= 0.3 is 5.97 Å². The number of hydrogen-bond acceptors (Lipinski definition) is 5. The smallest absolute Gasteiger partial charge is 0.317 e. The average Bonchev–Trinajstić information content (AvgIpc) is 2.68. The van der Waals surface area contributed by atoms with Gasteiger partial charge in [0.15, 0.2) is 0 Å². The highest BCUT2D eigenvalue weighted by Crippen LogP contribution is 2.29. The van der Waals surface area contributed by atoms with Crippen molar-refractivity contribution in [1.29, 1.82) is 0 Å². The monoisotopic (exact) mass is 398 g/mol. The van der Waals surface area contributed by atoms with E-state index in [9.17, 15) is 4.79 Å². The van der Waals surface area contributed by atoms with E-state index in [0.29, 0.717) is 13.2 Å². The van der Waals surface area contributed by atoms with Crippen LogP contribution in [-0.4, -0.2) is 73.9 Å². The van der Waals surface area contributed by atoms with E-state index in [0.717, 1.165) is 30.9 Å². The van der Waals surface area contributed by atoms with Gasteiger partial charge in [-0.25, -0.2) is 0 Å². The first kappa shape index (κ1) is 21.3. The van der Waals surface area contributed by atoms with Crippen molar-refractivity contribution in [1.82, 2.24) is 9.80 Å². The summed E-state index contributed by atoms with van der Waals surface area (Å²) in [6, 6.07) is 14.7. The van der Waals surface area contributed by atoms with Crippen molar-refractivity contribution in [2.45, 2.75) is 19.6 Å². The molecule has 1 aliphatic rings. The highest BCUT2D eigenvalue weighted by atomic mass is 16.5. The topological polar surface area (TPSA) is 62.2 Å². The van der Waals surface area contributed by atoms with E-state index in [1.807, 2.05) is 13.1 Å². The summed E-state index contributed by atoms with van der Waals surface area (Å²) in [7, 11) is 3.51. The number of carboxylic acids is 1. The van der Waals surface area contributed by atoms with Gasteiger partial charge in [0.2, 0.25) is 0 Å². The zero-order valence-electron chi connectivity index (χ0n) is 17.4. The molecule has 6 nitrogen and oxygen atoms in total. The molecule has 2 aromatic carbocycles. The normalized spacial score (nSPS) is 17.4. The highest BCUT2D eigenvalue weighted by molar-refractivity contribution is 5.69. The maximum absolute atomic E-state index is 10.9. The molecular weight excluding hydrogens is 368 g/mol. The second-order valence-corrected chi connectivity index (χ2v) is 7.66. The predicted molar refractivity (Wildman–Crippen MR) is 113 cm³/mol. The average molecular weight is 399 g/mol. The molecule has 2 aromatic rings. The van der Waals surface area contributed by atoms with Crippen molar-refractivity contribution in [2.24, 2.45) is 0 Å². The Morgan fingerprint density at radius 2 is 2.10 bits per heavy atom. The van der Waals surface area contributed by atoms with Gasteiger partial charge in [0.25, 0.3) is 0 Å². The lowest BCUT2D eigenvalue weighted by atomic mass is 9.98. The largest absolute Gasteiger partial charge is 0.496 e. The number of carboxylic acid groups (broad SMARTS) is 1. The van der Waals surface area contributed by atoms with Crippen molar-refractivity contribution in [3.63, 3.8) is 0 Å². The molecule has 29 heavy (non-hydrogen) atoms. The molecule has 0 saturated carbocycles. The maximum atomic E-state index is 10.9. The Bertz CT molecular complexity index is 839. The number of nitrogens with zero attached hydrogens (tertiary/aromatic N) is 2. The van der Waals surface area contributed by atoms with Crippen molar-refractivity contribution in [2.75, 3.05) is 46.9 Å². The van der Waals surface area contributed by atoms with Crippen LogP contribution in [0.2, 0.25) is 0 Å². The number of methoxy groups -OCH3 is 1. The number of morpholine rings is 1. The van der Waals surface area contributed by atoms with Gasteiger partial charge in [-0.1, -0.05) is 30.3 Å². The second kappa shape index (κ2) is 9.87. The van der Waals surface area contributed by atoms with Gasteiger partial charge in [-0.2, -0.15) is 0 Å². The number of ether oxygens (including phenoxy) is 2. The third-order valence-corrected chi connectivity index (χ3v) is 5.27. The third-order valence-electron chi connectivity index (χ3n) is 5.27. The zero-order chi connectivity index (χ0) is 20.8. The summed E-state index contributed by atoms with van der Waals surface area (Å²) in [4.78, 5) is 15.0. The van der Waals surface area contributed by atoms with E-state index in [-0.39, 0.29) is 12.6 Å². The van der Waals surface area contributed by atoms with Crippen LogP contribution >= 0.6 is 0 Å². The summed E-state index contributed by atoms with van der Waals surface area (Å²) < 4.78 is 11.5. The van der Waals surface area contributed by atoms with Crippen LogP contribution in [0.3, 0.4) is 0 Å². The molecule has 1 aliphatic heterocycles. The molecule has 1 fully saturated rings. The van der Waals surface area contributed by atoms with Crippen molar-refractivity contribution in [3.8, 4) is 16.9 Å². The van der Waals surface area contributed by atoms with E-state index in [2.05, 4.69) is 48.2 Å². The van der Waals surface area contributed by atoms with Crippen LogP contribution in [0.15, 0.2) is 42.5 Å². The Morgan fingerprint density at radius 3 is 2.83 bits per heavy atom. The fourth-order valence-electron chi connectivity index (χ4n) is 3.88. The van der Waals surface area contributed by atoms with Crippen LogP contribution in [0.5, 0.6) is 5.75 Å². The molecule has 0 radical (unpaired) electrons. The minimum atomic E-state index is -0.821. The fraction of sp³-hybridized carbons (Fsp3) is 0.435. The van der Waals surface area contributed by atoms with Crippen molar-refractivity contribution >= 4 is 5.97 Å². The van der Waals surface area contributed by atoms with Gasteiger partial charge in [-0.05, 0) is 42.8 Å². The number of likely N-dealkylation sites (N-methyl/N-ethyl adjacent to an activating group) is 1. The van der Waals surface area contributed by atoms with Crippen LogP contribution < -0.4 is 4.74 Å². The Balaban J connectivity index is 1.72. The molecular formula is C23H30N2O4. The Kier molecular flexibility index (Phi) is 7.25. The SMILES string of the molecule is COc1ccc(-c2ccccc2C)cc1CN1CCOC(CN(C)CC(=O)O)C1. The standard InChI is InChI=1S/C23H30N2O4/c1-17-6-4-5-7-21(17)18-8-9-22(28-3)19(12-18)13-25-10-11-29-20(15-25)14-24(2)16-23(26)27/h4-9,12,20H,10-11,13-16H2,1-3H3,(H,26,27). The van der Waals surface area contributed by atoms with Crippen molar-refractivity contribution in [3.05, 3.63) is 53.6 Å². The van der Waals surface area contributed by atoms with E-state index < -0.39 is 5.97 Å². The van der Waals surface area contributed by atoms with Crippen LogP contribution in [0.1, 0.15) is 11.1 Å². The quantitative estimate of drug-likeness (QED) is 0.738. The highest BCUT2D eigenvalue weighted by Gasteiger charge is 2.23. The zero-order valence-corrected chi connectivity index (χ0v) is 17.4. The minimum Gasteiger partial charge on any atom is -0.496 e. The van der Waals surface area contributed by atoms with Crippen LogP contribution in [0.4, 0.5) is 0 Å². The van der Waals surface area contributed by atoms with Gasteiger partial charge in [0.05, 0.1) is 26.4 Å². The van der Waals surface area contributed by atoms with E-state index >= 15 is 0 Å². The van der Waals surface area contributed by atoms with Gasteiger partial charge < -0.3 is 14.6 Å². The predicted octanol–water partition coefficient (Wildman–Crippen LogP) is 2.89. The van der Waals surface area contributed by atoms with Gasteiger partial charge in [0, 0.05) is 31.7 Å². The van der Waals surface area contributed by atoms with E-state index in [1.165, 1.54) is 16.7 Å². The molecule has 1 N–H and O–H groups in total. The van der Waals surface area contributed by atoms with Crippen LogP contribution in [0, 0.1) is 6.92 Å². The number of carbonyl (C=O) groups is 1. The van der Waals surface area contributed by atoms with Crippen LogP contribution in [-0.2, 0) is 16.1 Å². The Morgan fingerprint density at radius 1 is 1.31 bits per heavy atom. The number of benzene rings is 2. The van der Waals surface area contributed by atoms with E-state index in [4.69, 9.17) is 14.6 Å². The number of rotatable bonds is 8. The fourth-order valence-corrected chi connectivity index (χ4v) is 3.88. The molecule has 0 amide bonds. The lowest BCUT2D eigenvalue weighted by Gasteiger charge is -2.34. The maximum Gasteiger partial charge on any atom is 0.317 e. The van der Waals surface area contributed by atoms with E-state index in [1.54, 1.807) is 12.0 Å². The molecule has 1 unspecified atom stereocenters. The number of hydrogen-bond donors (Lipinski definition) is 1. The molecule has 3 rings (SSSR count). The van der Waals surface area contributed by atoms with Gasteiger partial charge in [-0.15, -0.1) is 0 Å². The molecule has 0 aromatic heterocycles. The molecule has 0 spiro atoms. The van der Waals surface area contributed by atoms with Crippen molar-refractivity contribution < 1.29 is 19.4 Å². The molecule has 1 heterocycles. The summed E-state index contributed by atoms with van der Waals surface area (Å²) in [5.74, 6) is 0.0614. The lowest BCUT2D eigenvalue weighted by molar-refractivity contribution is -0.138. The summed E-state index contributed by atoms with van der Waals surface area (Å²) >= 11 is 0. The molecule has 6 heteroatoms. The first-order valence-electron chi connectivity index (χ1n) is 9.93. The summed E-state index contributed by atoms with van der Waals surface area (Å²) in [5.41, 5.74) is 4.81. The molecule has 156 valence electrons. The number of aryl methyl sites for hydroxylation is 1. The number of aliphatic carboxylic acids is 1. The third kappa shape index (κ3) is 5.79. The minimum absolute atomic E-state index is 0.00125. The summed E-state index contributed by atoms with van der Waals surface area (Å²) in [5, 5.41) is 8.95. The first-order chi connectivity index (χ1) is 14.0. The molecule has 1 atom stereocenters. The van der Waals surface area contributed by atoms with Gasteiger partial charge in [0.1, 0.15) is 5.75 Å². The lowest BCUT2D eigenvalue weighted by Crippen LogP contribution is -2.47. The van der Waals surface area contributed by atoms with Gasteiger partial charge in [-0.3, -0.25) is 14.6 Å². The summed E-state index contributed by atoms with van der Waals surface area (Å²) in [6.45, 7) is 5.77. The first-order valence-corrected chi connectivity index (χ1v) is 9.93. The van der Waals surface area contributed by atoms with Crippen LogP contribution in [0.25, 0.3) is 11.1 Å². The summed E-state index contributed by atoms with van der Waals surface area (Å²) in [6.07, 6.45) is -0.00125. The molecule has 1 saturated heterocycles. The Hall–Kier alpha value is -2.41. The molecule has 0 aliphatic carbocycles. The second-order valence-electron chi connectivity index (χ2n) is 7.66. The molecule has 0 bridgehead atoms. The Labute approximate surface area is 172 Å².